The fourth-order valence-electron chi connectivity index (χ4n) is 3.60. The standard InChI is InChI=1S/C13H36NOSi4/c1-16(18(5,6)7)15-19(8,9)14(17(2,3)4)12-10-11-13-14/h16H,10-13H2,1-9H3/q+1. The normalized spacial score (nSPS) is 22.6. The van der Waals surface area contributed by atoms with Crippen LogP contribution in [0.2, 0.25) is 58.9 Å². The molecule has 0 aromatic rings. The summed E-state index contributed by atoms with van der Waals surface area (Å²) in [5.74, 6) is 0. The van der Waals surface area contributed by atoms with Gasteiger partial charge >= 0.3 is 8.48 Å². The minimum atomic E-state index is -1.63. The molecule has 1 rings (SSSR count). The Labute approximate surface area is 126 Å². The molecule has 0 N–H and O–H groups in total. The van der Waals surface area contributed by atoms with E-state index in [1.807, 2.05) is 0 Å². The molecule has 1 atom stereocenters. The molecular formula is C13H36NOSi4+. The van der Waals surface area contributed by atoms with Crippen molar-refractivity contribution in [3.05, 3.63) is 0 Å². The van der Waals surface area contributed by atoms with Crippen molar-refractivity contribution in [2.75, 3.05) is 13.1 Å². The van der Waals surface area contributed by atoms with Gasteiger partial charge < -0.3 is 7.93 Å². The molecule has 114 valence electrons. The van der Waals surface area contributed by atoms with E-state index in [1.54, 1.807) is 0 Å². The third-order valence-corrected chi connectivity index (χ3v) is 29.0. The lowest BCUT2D eigenvalue weighted by Gasteiger charge is -2.55. The molecule has 1 unspecified atom stereocenters. The van der Waals surface area contributed by atoms with E-state index in [1.165, 1.54) is 29.7 Å². The van der Waals surface area contributed by atoms with Gasteiger partial charge in [-0.25, -0.2) is 0 Å². The van der Waals surface area contributed by atoms with Crippen LogP contribution in [0.3, 0.4) is 0 Å². The molecule has 19 heavy (non-hydrogen) atoms. The summed E-state index contributed by atoms with van der Waals surface area (Å²) < 4.78 is 8.38. The van der Waals surface area contributed by atoms with E-state index in [9.17, 15) is 0 Å². The molecule has 2 nitrogen and oxygen atoms in total. The van der Waals surface area contributed by atoms with Crippen molar-refractivity contribution in [1.82, 2.24) is 0 Å². The van der Waals surface area contributed by atoms with Gasteiger partial charge in [-0.15, -0.1) is 0 Å². The molecule has 0 aromatic heterocycles. The van der Waals surface area contributed by atoms with Crippen LogP contribution in [0.1, 0.15) is 12.8 Å². The van der Waals surface area contributed by atoms with Crippen molar-refractivity contribution < 1.29 is 7.93 Å². The summed E-state index contributed by atoms with van der Waals surface area (Å²) in [6, 6.07) is 0. The summed E-state index contributed by atoms with van der Waals surface area (Å²) in [5.41, 5.74) is 0. The number of hydrogen-bond donors (Lipinski definition) is 0. The Balaban J connectivity index is 3.02. The Morgan fingerprint density at radius 1 is 0.842 bits per heavy atom. The Morgan fingerprint density at radius 3 is 1.58 bits per heavy atom. The van der Waals surface area contributed by atoms with E-state index in [0.29, 0.717) is 0 Å². The molecule has 1 aliphatic rings. The van der Waals surface area contributed by atoms with E-state index in [-0.39, 0.29) is 0 Å². The number of quaternary nitrogens is 1. The molecule has 6 heteroatoms. The van der Waals surface area contributed by atoms with Crippen LogP contribution in [-0.2, 0) is 4.12 Å². The van der Waals surface area contributed by atoms with Gasteiger partial charge in [-0.1, -0.05) is 26.2 Å². The average Bonchev–Trinajstić information content (AvgIpc) is 2.63. The van der Waals surface area contributed by atoms with E-state index in [0.717, 1.165) is 0 Å². The minimum Gasteiger partial charge on any atom is -0.424 e. The van der Waals surface area contributed by atoms with E-state index in [4.69, 9.17) is 4.12 Å². The van der Waals surface area contributed by atoms with Crippen molar-refractivity contribution >= 4 is 32.9 Å². The quantitative estimate of drug-likeness (QED) is 0.692. The maximum absolute atomic E-state index is 6.96. The molecule has 1 aliphatic heterocycles. The molecule has 1 saturated heterocycles. The molecular weight excluding hydrogens is 298 g/mol. The smallest absolute Gasteiger partial charge is 0.402 e. The molecule has 0 radical (unpaired) electrons. The van der Waals surface area contributed by atoms with Gasteiger partial charge in [0.05, 0.1) is 7.59 Å². The zero-order chi connectivity index (χ0) is 15.1. The maximum Gasteiger partial charge on any atom is 0.402 e. The molecule has 0 aromatic carbocycles. The summed E-state index contributed by atoms with van der Waals surface area (Å²) in [6.07, 6.45) is 2.85. The molecule has 0 aliphatic carbocycles. The molecule has 1 fully saturated rings. The SMILES string of the molecule is C[SiH](O[Si](C)(C)[N+]1([Si](C)(C)C)CCCC1)[Si](C)(C)C. The first-order chi connectivity index (χ1) is 8.33. The fourth-order valence-corrected chi connectivity index (χ4v) is 25.0. The first-order valence-electron chi connectivity index (χ1n) is 7.89. The Hall–Kier alpha value is 0.788. The van der Waals surface area contributed by atoms with Gasteiger partial charge in [-0.2, -0.15) is 0 Å². The highest BCUT2D eigenvalue weighted by Crippen LogP contribution is 2.37. The Kier molecular flexibility index (Phi) is 5.19. The number of hydrogen-bond acceptors (Lipinski definition) is 1. The first-order valence-corrected chi connectivity index (χ1v) is 21.1. The summed E-state index contributed by atoms with van der Waals surface area (Å²) in [7, 11) is -4.89. The lowest BCUT2D eigenvalue weighted by Crippen LogP contribution is -2.76. The monoisotopic (exact) mass is 334 g/mol. The molecule has 0 spiro atoms. The summed E-state index contributed by atoms with van der Waals surface area (Å²) in [6.45, 7) is 25.5. The van der Waals surface area contributed by atoms with Crippen LogP contribution in [0.4, 0.5) is 0 Å². The van der Waals surface area contributed by atoms with Gasteiger partial charge in [0.1, 0.15) is 0 Å². The van der Waals surface area contributed by atoms with Gasteiger partial charge in [0.25, 0.3) is 8.24 Å². The van der Waals surface area contributed by atoms with E-state index < -0.39 is 32.9 Å². The number of rotatable bonds is 5. The minimum absolute atomic E-state index is 0.980. The van der Waals surface area contributed by atoms with E-state index >= 15 is 0 Å². The lowest BCUT2D eigenvalue weighted by molar-refractivity contribution is -0.724. The number of nitrogens with zero attached hydrogens (tertiary/aromatic N) is 1. The van der Waals surface area contributed by atoms with Crippen LogP contribution in [0.25, 0.3) is 0 Å². The summed E-state index contributed by atoms with van der Waals surface area (Å²) in [5, 5.41) is 0. The molecule has 0 bridgehead atoms. The predicted octanol–water partition coefficient (Wildman–Crippen LogP) is 3.92. The third kappa shape index (κ3) is 3.52. The van der Waals surface area contributed by atoms with E-state index in [2.05, 4.69) is 58.9 Å². The van der Waals surface area contributed by atoms with Crippen molar-refractivity contribution in [2.24, 2.45) is 0 Å². The molecule has 0 amide bonds. The molecule has 1 heterocycles. The van der Waals surface area contributed by atoms with Crippen LogP contribution in [0.5, 0.6) is 0 Å². The Bertz CT molecular complexity index is 314. The first kappa shape index (κ1) is 17.8. The van der Waals surface area contributed by atoms with Crippen LogP contribution < -0.4 is 0 Å². The zero-order valence-corrected chi connectivity index (χ0v) is 18.9. The van der Waals surface area contributed by atoms with Crippen LogP contribution >= 0.6 is 0 Å². The summed E-state index contributed by atoms with van der Waals surface area (Å²) >= 11 is 0. The fraction of sp³-hybridized carbons (Fsp3) is 1.00. The third-order valence-electron chi connectivity index (χ3n) is 5.33. The van der Waals surface area contributed by atoms with Gasteiger partial charge in [0.15, 0.2) is 8.56 Å². The van der Waals surface area contributed by atoms with Gasteiger partial charge in [0.2, 0.25) is 0 Å². The highest BCUT2D eigenvalue weighted by Gasteiger charge is 2.58. The second-order valence-corrected chi connectivity index (χ2v) is 32.9. The maximum atomic E-state index is 6.96. The van der Waals surface area contributed by atoms with Gasteiger partial charge in [0, 0.05) is 26.2 Å². The van der Waals surface area contributed by atoms with Gasteiger partial charge in [-0.3, -0.25) is 0 Å². The van der Waals surface area contributed by atoms with Crippen molar-refractivity contribution in [3.8, 4) is 0 Å². The highest BCUT2D eigenvalue weighted by atomic mass is 29.2. The topological polar surface area (TPSA) is 9.23 Å². The van der Waals surface area contributed by atoms with Crippen molar-refractivity contribution in [2.45, 2.75) is 71.8 Å². The predicted molar refractivity (Wildman–Crippen MR) is 97.5 cm³/mol. The summed E-state index contributed by atoms with van der Waals surface area (Å²) in [4.78, 5) is 0. The second kappa shape index (κ2) is 5.53. The lowest BCUT2D eigenvalue weighted by atomic mass is 10.4. The van der Waals surface area contributed by atoms with Crippen LogP contribution in [0.15, 0.2) is 0 Å². The zero-order valence-electron chi connectivity index (χ0n) is 14.8. The largest absolute Gasteiger partial charge is 0.424 e. The van der Waals surface area contributed by atoms with Gasteiger partial charge in [-0.05, 0) is 32.5 Å². The van der Waals surface area contributed by atoms with Crippen molar-refractivity contribution in [1.29, 1.82) is 0 Å². The average molecular weight is 335 g/mol. The van der Waals surface area contributed by atoms with Crippen LogP contribution in [0, 0.1) is 0 Å². The molecule has 0 saturated carbocycles. The Morgan fingerprint density at radius 2 is 1.26 bits per heavy atom. The highest BCUT2D eigenvalue weighted by molar-refractivity contribution is 7.30. The van der Waals surface area contributed by atoms with Crippen LogP contribution in [-0.4, -0.2) is 49.8 Å². The van der Waals surface area contributed by atoms with Crippen molar-refractivity contribution in [3.63, 3.8) is 0 Å². The second-order valence-electron chi connectivity index (χ2n) is 8.87.